The lowest BCUT2D eigenvalue weighted by molar-refractivity contribution is -0.120. The molecule has 2 unspecified atom stereocenters. The number of nitrogens with one attached hydrogen (secondary N) is 2. The van der Waals surface area contributed by atoms with E-state index in [9.17, 15) is 9.00 Å². The molecule has 0 bridgehead atoms. The molecule has 3 aliphatic rings. The monoisotopic (exact) mass is 611 g/mol. The van der Waals surface area contributed by atoms with Crippen molar-refractivity contribution < 1.29 is 13.8 Å². The third-order valence-corrected chi connectivity index (χ3v) is 10.7. The minimum absolute atomic E-state index is 0.0394. The molecule has 5 rings (SSSR count). The van der Waals surface area contributed by atoms with Crippen LogP contribution in [-0.4, -0.2) is 102 Å². The van der Waals surface area contributed by atoms with Crippen LogP contribution in [0.25, 0.3) is 10.9 Å². The Hall–Kier alpha value is -2.86. The van der Waals surface area contributed by atoms with E-state index in [0.29, 0.717) is 30.8 Å². The number of aryl methyl sites for hydroxylation is 1. The summed E-state index contributed by atoms with van der Waals surface area (Å²) in [5.41, 5.74) is 2.53. The van der Waals surface area contributed by atoms with Gasteiger partial charge in [-0.3, -0.25) is 9.48 Å². The van der Waals surface area contributed by atoms with Crippen LogP contribution in [0.1, 0.15) is 50.0 Å². The molecule has 1 aromatic heterocycles. The van der Waals surface area contributed by atoms with Gasteiger partial charge in [-0.15, -0.1) is 0 Å². The number of piperidine rings is 2. The van der Waals surface area contributed by atoms with Crippen LogP contribution >= 0.6 is 0 Å². The number of hydrogen-bond donors (Lipinski definition) is 2. The predicted molar refractivity (Wildman–Crippen MR) is 175 cm³/mol. The van der Waals surface area contributed by atoms with Crippen LogP contribution in [0.2, 0.25) is 0 Å². The summed E-state index contributed by atoms with van der Waals surface area (Å²) in [6.07, 6.45) is 12.5. The Kier molecular flexibility index (Phi) is 12.1. The molecule has 2 atom stereocenters. The Labute approximate surface area is 259 Å². The van der Waals surface area contributed by atoms with Crippen molar-refractivity contribution in [3.8, 4) is 0 Å². The first kappa shape index (κ1) is 33.0. The second kappa shape index (κ2) is 15.7. The van der Waals surface area contributed by atoms with E-state index in [1.54, 1.807) is 7.05 Å². The van der Waals surface area contributed by atoms with Crippen LogP contribution in [-0.2, 0) is 27.6 Å². The maximum Gasteiger partial charge on any atom is 0.221 e. The molecule has 2 aliphatic heterocycles. The fraction of sp³-hybridized carbons (Fsp3) is 0.594. The van der Waals surface area contributed by atoms with Crippen molar-refractivity contribution >= 4 is 40.4 Å². The lowest BCUT2D eigenvalue weighted by Crippen LogP contribution is -2.42. The van der Waals surface area contributed by atoms with E-state index in [2.05, 4.69) is 61.2 Å². The van der Waals surface area contributed by atoms with Gasteiger partial charge >= 0.3 is 0 Å². The fourth-order valence-electron chi connectivity index (χ4n) is 6.49. The summed E-state index contributed by atoms with van der Waals surface area (Å²) < 4.78 is 17.4. The number of benzene rings is 1. The smallest absolute Gasteiger partial charge is 0.221 e. The zero-order chi connectivity index (χ0) is 30.9. The molecule has 2 saturated heterocycles. The molecular formula is C32H49N7O3S. The quantitative estimate of drug-likeness (QED) is 0.426. The number of carbonyl (C=O) groups excluding carboxylic acids is 2. The number of fused-ring (bicyclic) bond motifs is 1. The highest BCUT2D eigenvalue weighted by Crippen LogP contribution is 2.34. The fourth-order valence-corrected chi connectivity index (χ4v) is 7.85. The van der Waals surface area contributed by atoms with E-state index in [1.165, 1.54) is 5.56 Å². The molecule has 43 heavy (non-hydrogen) atoms. The molecule has 0 radical (unpaired) electrons. The van der Waals surface area contributed by atoms with Crippen LogP contribution in [0, 0.1) is 5.92 Å². The van der Waals surface area contributed by atoms with Crippen molar-refractivity contribution in [2.24, 2.45) is 13.0 Å². The predicted octanol–water partition coefficient (Wildman–Crippen LogP) is 2.95. The topological polar surface area (TPSA) is 103 Å². The zero-order valence-electron chi connectivity index (χ0n) is 26.3. The number of rotatable bonds is 10. The molecule has 10 nitrogen and oxygen atoms in total. The average molecular weight is 612 g/mol. The number of nitrogens with zero attached hydrogens (tertiary/aromatic N) is 5. The minimum atomic E-state index is -1.05. The summed E-state index contributed by atoms with van der Waals surface area (Å²) in [5, 5.41) is 12.0. The Balaban J connectivity index is 0.00000207. The molecule has 11 heteroatoms. The van der Waals surface area contributed by atoms with E-state index >= 15 is 0 Å². The van der Waals surface area contributed by atoms with Gasteiger partial charge in [0.1, 0.15) is 17.8 Å². The molecule has 1 amide bonds. The Bertz CT molecular complexity index is 1310. The van der Waals surface area contributed by atoms with E-state index in [1.807, 2.05) is 32.6 Å². The summed E-state index contributed by atoms with van der Waals surface area (Å²) >= 11 is 0. The number of allylic oxidation sites excluding steroid dienone is 2. The van der Waals surface area contributed by atoms with Crippen LogP contribution < -0.4 is 15.5 Å². The number of anilines is 1. The summed E-state index contributed by atoms with van der Waals surface area (Å²) in [4.78, 5) is 25.4. The number of aromatic nitrogens is 2. The van der Waals surface area contributed by atoms with Crippen LogP contribution in [0.3, 0.4) is 0 Å². The SMILES string of the molecule is C=O.CNC(=O)CCN(C)c1nn(C)c2cc(C3CCN(CC4C=C(S(=O)N5CCC(NC)CC5)C=CC4)CC3)ccc12. The van der Waals surface area contributed by atoms with E-state index in [-0.39, 0.29) is 5.91 Å². The van der Waals surface area contributed by atoms with Gasteiger partial charge in [0.2, 0.25) is 5.91 Å². The number of likely N-dealkylation sites (tertiary alicyclic amines) is 1. The van der Waals surface area contributed by atoms with Gasteiger partial charge in [0.15, 0.2) is 5.82 Å². The van der Waals surface area contributed by atoms with Crippen molar-refractivity contribution in [2.45, 2.75) is 50.5 Å². The van der Waals surface area contributed by atoms with Gasteiger partial charge in [-0.25, -0.2) is 8.51 Å². The molecule has 0 spiro atoms. The third-order valence-electron chi connectivity index (χ3n) is 9.14. The molecule has 0 saturated carbocycles. The third kappa shape index (κ3) is 8.20. The lowest BCUT2D eigenvalue weighted by Gasteiger charge is -2.35. The summed E-state index contributed by atoms with van der Waals surface area (Å²) in [6.45, 7) is 7.62. The van der Waals surface area contributed by atoms with Gasteiger partial charge in [0.05, 0.1) is 10.4 Å². The molecule has 1 aromatic carbocycles. The number of amides is 1. The van der Waals surface area contributed by atoms with Crippen LogP contribution in [0.4, 0.5) is 5.82 Å². The summed E-state index contributed by atoms with van der Waals surface area (Å²) in [7, 11) is 6.64. The Morgan fingerprint density at radius 2 is 1.84 bits per heavy atom. The van der Waals surface area contributed by atoms with E-state index < -0.39 is 11.0 Å². The standard InChI is InChI=1S/C31H47N7O2S.CH2O/c1-32-26-12-18-38(19-13-26)41(40)27-7-5-6-23(20-27)22-37-16-10-24(11-17-37)25-8-9-28-29(21-25)36(4)34-31(28)35(3)15-14-30(39)33-2;1-2/h5,7-9,20-21,23-24,26,32H,6,10-19,22H2,1-4H3,(H,33,39);1H2. The van der Waals surface area contributed by atoms with Crippen molar-refractivity contribution in [1.82, 2.24) is 29.6 Å². The second-order valence-electron chi connectivity index (χ2n) is 11.9. The first-order valence-electron chi connectivity index (χ1n) is 15.5. The minimum Gasteiger partial charge on any atom is -0.359 e. The van der Waals surface area contributed by atoms with Crippen molar-refractivity contribution in [1.29, 1.82) is 0 Å². The van der Waals surface area contributed by atoms with Gasteiger partial charge in [0.25, 0.3) is 0 Å². The molecule has 1 aliphatic carbocycles. The van der Waals surface area contributed by atoms with Gasteiger partial charge in [-0.1, -0.05) is 18.2 Å². The molecule has 2 aromatic rings. The molecule has 236 valence electrons. The van der Waals surface area contributed by atoms with Crippen molar-refractivity contribution in [3.05, 3.63) is 46.9 Å². The maximum absolute atomic E-state index is 13.3. The first-order chi connectivity index (χ1) is 20.9. The van der Waals surface area contributed by atoms with Gasteiger partial charge in [-0.05, 0) is 87.8 Å². The maximum atomic E-state index is 13.3. The van der Waals surface area contributed by atoms with Crippen molar-refractivity contribution in [2.75, 3.05) is 65.3 Å². The number of carbonyl (C=O) groups is 2. The summed E-state index contributed by atoms with van der Waals surface area (Å²) in [5.74, 6) is 1.93. The Morgan fingerprint density at radius 1 is 1.12 bits per heavy atom. The van der Waals surface area contributed by atoms with Crippen LogP contribution in [0.5, 0.6) is 0 Å². The second-order valence-corrected chi connectivity index (χ2v) is 13.3. The van der Waals surface area contributed by atoms with Gasteiger partial charge in [0, 0.05) is 65.2 Å². The number of hydrogen-bond acceptors (Lipinski definition) is 7. The highest BCUT2D eigenvalue weighted by atomic mass is 32.2. The highest BCUT2D eigenvalue weighted by molar-refractivity contribution is 7.86. The Morgan fingerprint density at radius 3 is 2.51 bits per heavy atom. The first-order valence-corrected chi connectivity index (χ1v) is 16.6. The zero-order valence-corrected chi connectivity index (χ0v) is 27.1. The summed E-state index contributed by atoms with van der Waals surface area (Å²) in [6, 6.07) is 7.34. The molecule has 2 fully saturated rings. The molecule has 3 heterocycles. The molecule has 2 N–H and O–H groups in total. The average Bonchev–Trinajstić information content (AvgIpc) is 3.40. The largest absolute Gasteiger partial charge is 0.359 e. The van der Waals surface area contributed by atoms with E-state index in [0.717, 1.165) is 86.5 Å². The lowest BCUT2D eigenvalue weighted by atomic mass is 9.88. The van der Waals surface area contributed by atoms with Crippen LogP contribution in [0.15, 0.2) is 41.3 Å². The van der Waals surface area contributed by atoms with Gasteiger partial charge < -0.3 is 25.2 Å². The normalized spacial score (nSPS) is 21.2. The molecular weight excluding hydrogens is 562 g/mol. The van der Waals surface area contributed by atoms with E-state index in [4.69, 9.17) is 9.89 Å². The van der Waals surface area contributed by atoms with Crippen molar-refractivity contribution in [3.63, 3.8) is 0 Å². The highest BCUT2D eigenvalue weighted by Gasteiger charge is 2.27. The van der Waals surface area contributed by atoms with Gasteiger partial charge in [-0.2, -0.15) is 5.10 Å².